The molecule has 0 spiro atoms. The van der Waals surface area contributed by atoms with E-state index in [4.69, 9.17) is 9.47 Å². The maximum absolute atomic E-state index is 12.8. The minimum atomic E-state index is -0.610. The van der Waals surface area contributed by atoms with Gasteiger partial charge in [-0.05, 0) is 92.0 Å². The van der Waals surface area contributed by atoms with Gasteiger partial charge in [0.15, 0.2) is 0 Å². The lowest BCUT2D eigenvalue weighted by molar-refractivity contribution is -0.297. The Labute approximate surface area is 274 Å². The molecular formula is C38H50N3O5. The molecule has 3 aromatic rings. The smallest absolute Gasteiger partial charge is 0.417 e. The summed E-state index contributed by atoms with van der Waals surface area (Å²) in [4.78, 5) is 25.4. The Morgan fingerprint density at radius 2 is 1.22 bits per heavy atom. The zero-order valence-corrected chi connectivity index (χ0v) is 29.0. The highest BCUT2D eigenvalue weighted by molar-refractivity contribution is 5.86. The van der Waals surface area contributed by atoms with Crippen LogP contribution in [0, 0.1) is 0 Å². The van der Waals surface area contributed by atoms with Crippen molar-refractivity contribution in [1.82, 2.24) is 5.06 Å². The molecule has 4 rings (SSSR count). The molecule has 1 saturated heterocycles. The van der Waals surface area contributed by atoms with Gasteiger partial charge in [0, 0.05) is 40.9 Å². The molecule has 247 valence electrons. The Balaban J connectivity index is 1.30. The molecule has 1 radical (unpaired) electrons. The molecule has 0 saturated carbocycles. The molecule has 1 fully saturated rings. The number of carbonyl (C=O) groups excluding carboxylic acids is 2. The summed E-state index contributed by atoms with van der Waals surface area (Å²) in [6, 6.07) is 21.3. The second kappa shape index (κ2) is 13.1. The predicted molar refractivity (Wildman–Crippen MR) is 183 cm³/mol. The van der Waals surface area contributed by atoms with E-state index in [0.717, 1.165) is 21.8 Å². The van der Waals surface area contributed by atoms with Gasteiger partial charge >= 0.3 is 12.2 Å². The van der Waals surface area contributed by atoms with E-state index < -0.39 is 23.3 Å². The molecule has 0 atom stereocenters. The minimum absolute atomic E-state index is 0.0107. The van der Waals surface area contributed by atoms with Crippen molar-refractivity contribution in [2.75, 3.05) is 10.6 Å². The van der Waals surface area contributed by atoms with E-state index in [9.17, 15) is 14.8 Å². The van der Waals surface area contributed by atoms with Crippen molar-refractivity contribution >= 4 is 23.6 Å². The van der Waals surface area contributed by atoms with Crippen LogP contribution in [0.4, 0.5) is 21.0 Å². The van der Waals surface area contributed by atoms with Crippen LogP contribution in [0.2, 0.25) is 0 Å². The highest BCUT2D eigenvalue weighted by atomic mass is 16.6. The monoisotopic (exact) mass is 628 g/mol. The summed E-state index contributed by atoms with van der Waals surface area (Å²) >= 11 is 0. The number of amides is 2. The lowest BCUT2D eigenvalue weighted by Gasteiger charge is -2.49. The van der Waals surface area contributed by atoms with Gasteiger partial charge < -0.3 is 9.47 Å². The Hall–Kier alpha value is -3.88. The second-order valence-corrected chi connectivity index (χ2v) is 15.8. The molecule has 1 aliphatic rings. The largest absolute Gasteiger partial charge is 0.446 e. The number of nitrogens with zero attached hydrogens (tertiary/aromatic N) is 1. The van der Waals surface area contributed by atoms with Crippen molar-refractivity contribution < 1.29 is 24.3 Å². The van der Waals surface area contributed by atoms with Crippen molar-refractivity contribution in [1.29, 1.82) is 0 Å². The zero-order valence-electron chi connectivity index (χ0n) is 29.0. The molecule has 2 N–H and O–H groups in total. The molecule has 0 bridgehead atoms. The number of ether oxygens (including phenoxy) is 2. The summed E-state index contributed by atoms with van der Waals surface area (Å²) in [7, 11) is 0. The maximum atomic E-state index is 12.8. The van der Waals surface area contributed by atoms with Gasteiger partial charge in [-0.2, -0.15) is 0 Å². The Kier molecular flexibility index (Phi) is 9.95. The number of rotatable bonds is 6. The summed E-state index contributed by atoms with van der Waals surface area (Å²) in [5.41, 5.74) is 4.17. The van der Waals surface area contributed by atoms with E-state index in [1.165, 1.54) is 5.56 Å². The SMILES string of the molecule is CC(C)(C)c1ccc(OC(=O)Nc2ccc(Cc3ccc(NC(=O)OC4CC(C)(C)N([O])C(C)(C)C4)cc3)cc2)c(C(C)(C)C)c1. The van der Waals surface area contributed by atoms with E-state index in [1.54, 1.807) is 0 Å². The van der Waals surface area contributed by atoms with E-state index in [2.05, 4.69) is 58.2 Å². The first-order valence-corrected chi connectivity index (χ1v) is 16.0. The fraction of sp³-hybridized carbons (Fsp3) is 0.474. The molecule has 1 heterocycles. The molecule has 8 heteroatoms. The van der Waals surface area contributed by atoms with Crippen LogP contribution in [0.5, 0.6) is 5.75 Å². The van der Waals surface area contributed by atoms with Crippen molar-refractivity contribution in [3.63, 3.8) is 0 Å². The summed E-state index contributed by atoms with van der Waals surface area (Å²) in [6.45, 7) is 20.3. The number of piperidine rings is 1. The van der Waals surface area contributed by atoms with Crippen molar-refractivity contribution in [2.24, 2.45) is 0 Å². The molecule has 8 nitrogen and oxygen atoms in total. The average molecular weight is 629 g/mol. The van der Waals surface area contributed by atoms with Gasteiger partial charge in [0.25, 0.3) is 0 Å². The third-order valence-electron chi connectivity index (χ3n) is 8.49. The first-order valence-electron chi connectivity index (χ1n) is 16.0. The molecule has 0 aromatic heterocycles. The molecule has 1 aliphatic heterocycles. The fourth-order valence-electron chi connectivity index (χ4n) is 6.12. The predicted octanol–water partition coefficient (Wildman–Crippen LogP) is 9.40. The van der Waals surface area contributed by atoms with Gasteiger partial charge in [-0.15, -0.1) is 10.3 Å². The highest BCUT2D eigenvalue weighted by Crippen LogP contribution is 2.39. The number of carbonyl (C=O) groups is 2. The third-order valence-corrected chi connectivity index (χ3v) is 8.49. The molecule has 0 unspecified atom stereocenters. The van der Waals surface area contributed by atoms with Gasteiger partial charge in [0.05, 0.1) is 0 Å². The first-order chi connectivity index (χ1) is 21.2. The number of hydroxylamine groups is 2. The number of hydrogen-bond acceptors (Lipinski definition) is 5. The van der Waals surface area contributed by atoms with Gasteiger partial charge in [0.2, 0.25) is 0 Å². The number of anilines is 2. The number of benzene rings is 3. The lowest BCUT2D eigenvalue weighted by atomic mass is 9.80. The van der Waals surface area contributed by atoms with Crippen LogP contribution in [0.15, 0.2) is 66.7 Å². The van der Waals surface area contributed by atoms with Gasteiger partial charge in [-0.25, -0.2) is 9.59 Å². The molecule has 0 aliphatic carbocycles. The Morgan fingerprint density at radius 1 is 0.739 bits per heavy atom. The van der Waals surface area contributed by atoms with Crippen LogP contribution in [0.1, 0.15) is 104 Å². The van der Waals surface area contributed by atoms with Crippen molar-refractivity contribution in [3.05, 3.63) is 89.0 Å². The van der Waals surface area contributed by atoms with Crippen LogP contribution < -0.4 is 15.4 Å². The topological polar surface area (TPSA) is 99.8 Å². The summed E-state index contributed by atoms with van der Waals surface area (Å²) < 4.78 is 11.5. The molecular weight excluding hydrogens is 578 g/mol. The maximum Gasteiger partial charge on any atom is 0.417 e. The summed E-state index contributed by atoms with van der Waals surface area (Å²) in [5.74, 6) is 0.554. The first kappa shape index (κ1) is 35.0. The Bertz CT molecular complexity index is 1510. The second-order valence-electron chi connectivity index (χ2n) is 15.8. The summed E-state index contributed by atoms with van der Waals surface area (Å²) in [6.07, 6.45) is 0.238. The minimum Gasteiger partial charge on any atom is -0.446 e. The van der Waals surface area contributed by atoms with Crippen LogP contribution in [-0.4, -0.2) is 34.4 Å². The normalized spacial score (nSPS) is 16.8. The van der Waals surface area contributed by atoms with Crippen LogP contribution in [-0.2, 0) is 27.2 Å². The molecule has 2 amide bonds. The molecule has 3 aromatic carbocycles. The lowest BCUT2D eigenvalue weighted by Crippen LogP contribution is -2.60. The number of nitrogens with one attached hydrogen (secondary N) is 2. The fourth-order valence-corrected chi connectivity index (χ4v) is 6.12. The zero-order chi connectivity index (χ0) is 34.1. The molecule has 46 heavy (non-hydrogen) atoms. The Morgan fingerprint density at radius 3 is 1.67 bits per heavy atom. The third kappa shape index (κ3) is 8.89. The highest BCUT2D eigenvalue weighted by Gasteiger charge is 2.47. The van der Waals surface area contributed by atoms with Crippen LogP contribution in [0.25, 0.3) is 0 Å². The van der Waals surface area contributed by atoms with Crippen molar-refractivity contribution in [2.45, 2.75) is 117 Å². The van der Waals surface area contributed by atoms with E-state index >= 15 is 0 Å². The van der Waals surface area contributed by atoms with Crippen LogP contribution in [0.3, 0.4) is 0 Å². The van der Waals surface area contributed by atoms with E-state index in [-0.39, 0.29) is 16.9 Å². The summed E-state index contributed by atoms with van der Waals surface area (Å²) in [5, 5.41) is 19.3. The van der Waals surface area contributed by atoms with Crippen molar-refractivity contribution in [3.8, 4) is 5.75 Å². The quantitative estimate of drug-likeness (QED) is 0.283. The van der Waals surface area contributed by atoms with Gasteiger partial charge in [-0.1, -0.05) is 77.9 Å². The average Bonchev–Trinajstić information content (AvgIpc) is 2.92. The number of hydrogen-bond donors (Lipinski definition) is 2. The van der Waals surface area contributed by atoms with E-state index in [0.29, 0.717) is 36.4 Å². The standard InChI is InChI=1S/C38H50N3O5/c1-35(2,3)27-15-20-32(31(22-27)36(4,5)6)46-34(43)40-29-18-13-26(14-19-29)21-25-11-16-28(17-12-25)39-33(42)45-30-23-37(7,8)41(44)38(9,10)24-30/h11-20,22,30H,21,23-24H2,1-10H3,(H,39,42)(H,40,43). The van der Waals surface area contributed by atoms with E-state index in [1.807, 2.05) is 88.4 Å². The van der Waals surface area contributed by atoms with Gasteiger partial charge in [-0.3, -0.25) is 10.6 Å². The van der Waals surface area contributed by atoms with Crippen LogP contribution >= 0.6 is 0 Å². The van der Waals surface area contributed by atoms with Gasteiger partial charge in [0.1, 0.15) is 11.9 Å².